The second kappa shape index (κ2) is 10.4. The number of carboxylic acids is 1. The molecule has 0 bridgehead atoms. The Kier molecular flexibility index (Phi) is 7.17. The third-order valence-corrected chi connectivity index (χ3v) is 6.72. The van der Waals surface area contributed by atoms with E-state index in [1.807, 2.05) is 24.3 Å². The Morgan fingerprint density at radius 2 is 1.71 bits per heavy atom. The summed E-state index contributed by atoms with van der Waals surface area (Å²) in [5.74, 6) is 0.902. The third kappa shape index (κ3) is 5.07. The van der Waals surface area contributed by atoms with Crippen LogP contribution in [0.15, 0.2) is 48.5 Å². The van der Waals surface area contributed by atoms with Gasteiger partial charge in [0.2, 0.25) is 5.91 Å². The van der Waals surface area contributed by atoms with Gasteiger partial charge >= 0.3 is 12.1 Å². The number of fused-ring (bicyclic) bond motifs is 3. The van der Waals surface area contributed by atoms with Gasteiger partial charge in [-0.3, -0.25) is 9.59 Å². The lowest BCUT2D eigenvalue weighted by atomic mass is 9.78. The van der Waals surface area contributed by atoms with Crippen LogP contribution < -0.4 is 5.32 Å². The van der Waals surface area contributed by atoms with E-state index >= 15 is 0 Å². The first kappa shape index (κ1) is 23.4. The Hall–Kier alpha value is -3.79. The first-order valence-electron chi connectivity index (χ1n) is 11.5. The number of alkyl carbamates (subject to hydrolysis) is 1. The van der Waals surface area contributed by atoms with Crippen molar-refractivity contribution in [2.75, 3.05) is 19.7 Å². The molecule has 0 aromatic heterocycles. The second-order valence-corrected chi connectivity index (χ2v) is 8.82. The van der Waals surface area contributed by atoms with Crippen LogP contribution >= 0.6 is 0 Å². The fourth-order valence-electron chi connectivity index (χ4n) is 4.79. The van der Waals surface area contributed by atoms with Gasteiger partial charge in [0.05, 0.1) is 6.54 Å². The molecule has 0 radical (unpaired) electrons. The molecule has 1 saturated carbocycles. The van der Waals surface area contributed by atoms with Gasteiger partial charge < -0.3 is 20.1 Å². The average molecular weight is 461 g/mol. The molecule has 34 heavy (non-hydrogen) atoms. The molecule has 1 unspecified atom stereocenters. The summed E-state index contributed by atoms with van der Waals surface area (Å²) in [6, 6.07) is 15.8. The standard InChI is InChI=1S/C27H28N2O5/c1-2-14-29(16-26(31)32)25(30)15-24(18-8-7-9-18)28-27(33)34-17-23-21-12-5-3-10-19(21)20-11-4-6-13-22(20)23/h1,3-6,10-13,18,23-24H,7-9,14-17H2,(H,28,33)(H,31,32). The van der Waals surface area contributed by atoms with Crippen molar-refractivity contribution in [1.29, 1.82) is 0 Å². The molecule has 7 nitrogen and oxygen atoms in total. The van der Waals surface area contributed by atoms with E-state index in [0.29, 0.717) is 0 Å². The quantitative estimate of drug-likeness (QED) is 0.557. The van der Waals surface area contributed by atoms with Crippen LogP contribution in [0, 0.1) is 18.3 Å². The number of carboxylic acid groups (broad SMARTS) is 1. The Balaban J connectivity index is 1.40. The minimum absolute atomic E-state index is 0.0101. The zero-order valence-corrected chi connectivity index (χ0v) is 18.9. The fraction of sp³-hybridized carbons (Fsp3) is 0.370. The predicted octanol–water partition coefficient (Wildman–Crippen LogP) is 3.63. The summed E-state index contributed by atoms with van der Waals surface area (Å²) in [5.41, 5.74) is 4.55. The molecule has 1 fully saturated rings. The van der Waals surface area contributed by atoms with Crippen LogP contribution in [-0.2, 0) is 14.3 Å². The molecule has 0 aliphatic heterocycles. The summed E-state index contributed by atoms with van der Waals surface area (Å²) in [5, 5.41) is 11.9. The highest BCUT2D eigenvalue weighted by Crippen LogP contribution is 2.44. The molecule has 7 heteroatoms. The monoisotopic (exact) mass is 460 g/mol. The molecular weight excluding hydrogens is 432 g/mol. The largest absolute Gasteiger partial charge is 0.480 e. The van der Waals surface area contributed by atoms with Gasteiger partial charge in [-0.15, -0.1) is 6.42 Å². The van der Waals surface area contributed by atoms with Gasteiger partial charge in [-0.2, -0.15) is 0 Å². The van der Waals surface area contributed by atoms with E-state index < -0.39 is 30.6 Å². The van der Waals surface area contributed by atoms with Crippen LogP contribution in [0.25, 0.3) is 11.1 Å². The number of benzene rings is 2. The smallest absolute Gasteiger partial charge is 0.407 e. The number of hydrogen-bond acceptors (Lipinski definition) is 4. The SMILES string of the molecule is C#CCN(CC(=O)O)C(=O)CC(NC(=O)OCC1c2ccccc2-c2ccccc21)C1CCC1. The van der Waals surface area contributed by atoms with Crippen molar-refractivity contribution in [3.05, 3.63) is 59.7 Å². The maximum atomic E-state index is 12.7. The second-order valence-electron chi connectivity index (χ2n) is 8.82. The molecule has 2 aromatic carbocycles. The van der Waals surface area contributed by atoms with Gasteiger partial charge in [0, 0.05) is 18.4 Å². The number of nitrogens with one attached hydrogen (secondary N) is 1. The predicted molar refractivity (Wildman–Crippen MR) is 127 cm³/mol. The summed E-state index contributed by atoms with van der Waals surface area (Å²) < 4.78 is 5.64. The molecule has 0 saturated heterocycles. The van der Waals surface area contributed by atoms with Crippen molar-refractivity contribution in [3.8, 4) is 23.5 Å². The minimum atomic E-state index is -1.13. The number of nitrogens with zero attached hydrogens (tertiary/aromatic N) is 1. The molecule has 2 aliphatic rings. The normalized spacial score (nSPS) is 15.3. The fourth-order valence-corrected chi connectivity index (χ4v) is 4.79. The summed E-state index contributed by atoms with van der Waals surface area (Å²) in [4.78, 5) is 37.7. The molecule has 2 aliphatic carbocycles. The van der Waals surface area contributed by atoms with E-state index in [0.717, 1.165) is 46.4 Å². The lowest BCUT2D eigenvalue weighted by Gasteiger charge is -2.34. The van der Waals surface area contributed by atoms with Crippen molar-refractivity contribution in [2.24, 2.45) is 5.92 Å². The summed E-state index contributed by atoms with van der Waals surface area (Å²) in [6.45, 7) is -0.369. The zero-order chi connectivity index (χ0) is 24.1. The maximum Gasteiger partial charge on any atom is 0.407 e. The lowest BCUT2D eigenvalue weighted by molar-refractivity contribution is -0.144. The molecule has 1 atom stereocenters. The van der Waals surface area contributed by atoms with Gasteiger partial charge in [0.1, 0.15) is 13.2 Å². The molecule has 0 heterocycles. The first-order chi connectivity index (χ1) is 16.5. The van der Waals surface area contributed by atoms with Crippen molar-refractivity contribution in [3.63, 3.8) is 0 Å². The molecule has 2 amide bonds. The molecule has 176 valence electrons. The third-order valence-electron chi connectivity index (χ3n) is 6.72. The number of carbonyl (C=O) groups excluding carboxylic acids is 2. The van der Waals surface area contributed by atoms with Crippen LogP contribution in [0.4, 0.5) is 4.79 Å². The number of terminal acetylenes is 1. The topological polar surface area (TPSA) is 95.9 Å². The van der Waals surface area contributed by atoms with E-state index in [1.54, 1.807) is 0 Å². The van der Waals surface area contributed by atoms with Gasteiger partial charge in [-0.25, -0.2) is 4.79 Å². The van der Waals surface area contributed by atoms with Crippen LogP contribution in [0.1, 0.15) is 42.7 Å². The maximum absolute atomic E-state index is 12.7. The van der Waals surface area contributed by atoms with Gasteiger partial charge in [0.15, 0.2) is 0 Å². The van der Waals surface area contributed by atoms with Crippen molar-refractivity contribution in [1.82, 2.24) is 10.2 Å². The highest BCUT2D eigenvalue weighted by Gasteiger charge is 2.33. The first-order valence-corrected chi connectivity index (χ1v) is 11.5. The van der Waals surface area contributed by atoms with E-state index in [1.165, 1.54) is 0 Å². The highest BCUT2D eigenvalue weighted by atomic mass is 16.5. The molecule has 0 spiro atoms. The van der Waals surface area contributed by atoms with Crippen LogP contribution in [-0.4, -0.2) is 53.7 Å². The van der Waals surface area contributed by atoms with Crippen molar-refractivity contribution >= 4 is 18.0 Å². The van der Waals surface area contributed by atoms with E-state index in [9.17, 15) is 14.4 Å². The lowest BCUT2D eigenvalue weighted by Crippen LogP contribution is -2.47. The molecule has 2 aromatic rings. The van der Waals surface area contributed by atoms with Gasteiger partial charge in [-0.1, -0.05) is 60.9 Å². The van der Waals surface area contributed by atoms with Gasteiger partial charge in [0.25, 0.3) is 0 Å². The Morgan fingerprint density at radius 1 is 1.09 bits per heavy atom. The molecular formula is C27H28N2O5. The van der Waals surface area contributed by atoms with Crippen molar-refractivity contribution in [2.45, 2.75) is 37.6 Å². The van der Waals surface area contributed by atoms with Crippen molar-refractivity contribution < 1.29 is 24.2 Å². The Bertz CT molecular complexity index is 1070. The number of ether oxygens (including phenoxy) is 1. The highest BCUT2D eigenvalue weighted by molar-refractivity contribution is 5.83. The van der Waals surface area contributed by atoms with Crippen LogP contribution in [0.5, 0.6) is 0 Å². The summed E-state index contributed by atoms with van der Waals surface area (Å²) in [6.07, 6.45) is 7.54. The average Bonchev–Trinajstić information content (AvgIpc) is 3.09. The van der Waals surface area contributed by atoms with E-state index in [4.69, 9.17) is 16.3 Å². The summed E-state index contributed by atoms with van der Waals surface area (Å²) in [7, 11) is 0. The Morgan fingerprint density at radius 3 is 2.24 bits per heavy atom. The summed E-state index contributed by atoms with van der Waals surface area (Å²) >= 11 is 0. The number of carbonyl (C=O) groups is 3. The number of amides is 2. The van der Waals surface area contributed by atoms with Crippen LogP contribution in [0.2, 0.25) is 0 Å². The van der Waals surface area contributed by atoms with E-state index in [-0.39, 0.29) is 31.4 Å². The zero-order valence-electron chi connectivity index (χ0n) is 18.9. The molecule has 4 rings (SSSR count). The minimum Gasteiger partial charge on any atom is -0.480 e. The number of rotatable bonds is 9. The Labute approximate surface area is 199 Å². The van der Waals surface area contributed by atoms with E-state index in [2.05, 4.69) is 35.5 Å². The number of aliphatic carboxylic acids is 1. The molecule has 2 N–H and O–H groups in total. The number of hydrogen-bond donors (Lipinski definition) is 2. The van der Waals surface area contributed by atoms with Gasteiger partial charge in [-0.05, 0) is 41.0 Å². The van der Waals surface area contributed by atoms with Crippen LogP contribution in [0.3, 0.4) is 0 Å².